The second-order valence-electron chi connectivity index (χ2n) is 4.48. The van der Waals surface area contributed by atoms with Crippen LogP contribution in [0.2, 0.25) is 0 Å². The van der Waals surface area contributed by atoms with Crippen LogP contribution >= 0.6 is 0 Å². The average Bonchev–Trinajstić information content (AvgIpc) is 2.11. The van der Waals surface area contributed by atoms with Crippen molar-refractivity contribution in [1.29, 1.82) is 0 Å². The number of aryl methyl sites for hydroxylation is 2. The lowest BCUT2D eigenvalue weighted by atomic mass is 10.1. The highest BCUT2D eigenvalue weighted by atomic mass is 32.3. The van der Waals surface area contributed by atoms with Crippen LogP contribution in [0.25, 0.3) is 0 Å². The third-order valence-corrected chi connectivity index (χ3v) is 5.90. The summed E-state index contributed by atoms with van der Waals surface area (Å²) in [5.74, 6) is 0.162. The maximum atomic E-state index is 11.9. The molecule has 0 saturated carbocycles. The van der Waals surface area contributed by atoms with Gasteiger partial charge in [-0.3, -0.25) is 0 Å². The zero-order valence-electron chi connectivity index (χ0n) is 11.6. The van der Waals surface area contributed by atoms with E-state index in [4.69, 9.17) is 4.18 Å². The Balaban J connectivity index is 3.15. The summed E-state index contributed by atoms with van der Waals surface area (Å²) in [4.78, 5) is 0. The predicted octanol–water partition coefficient (Wildman–Crippen LogP) is 1.50. The SMILES string of the molecule is Cc1cc(C)cc(OS(=O)(=O)N=S(C)(=O)N(C)C)c1. The third kappa shape index (κ3) is 4.81. The lowest BCUT2D eigenvalue weighted by Gasteiger charge is -2.12. The first-order valence-electron chi connectivity index (χ1n) is 5.45. The Bertz CT molecular complexity index is 666. The Morgan fingerprint density at radius 1 is 1.05 bits per heavy atom. The van der Waals surface area contributed by atoms with Crippen molar-refractivity contribution in [2.75, 3.05) is 20.4 Å². The van der Waals surface area contributed by atoms with E-state index in [1.807, 2.05) is 19.9 Å². The van der Waals surface area contributed by atoms with Gasteiger partial charge in [0.2, 0.25) is 0 Å². The zero-order chi connectivity index (χ0) is 14.8. The van der Waals surface area contributed by atoms with Crippen molar-refractivity contribution in [2.45, 2.75) is 13.8 Å². The fourth-order valence-electron chi connectivity index (χ4n) is 1.35. The lowest BCUT2D eigenvalue weighted by molar-refractivity contribution is 0.487. The lowest BCUT2D eigenvalue weighted by Crippen LogP contribution is -2.22. The Morgan fingerprint density at radius 2 is 1.53 bits per heavy atom. The van der Waals surface area contributed by atoms with E-state index >= 15 is 0 Å². The molecule has 108 valence electrons. The number of hydrogen-bond acceptors (Lipinski definition) is 4. The molecule has 0 fully saturated rings. The van der Waals surface area contributed by atoms with Crippen LogP contribution in [0.4, 0.5) is 0 Å². The number of hydrogen-bond donors (Lipinski definition) is 0. The molecule has 0 aromatic heterocycles. The summed E-state index contributed by atoms with van der Waals surface area (Å²) in [7, 11) is -4.30. The topological polar surface area (TPSA) is 76.0 Å². The zero-order valence-corrected chi connectivity index (χ0v) is 13.2. The minimum atomic E-state index is -4.26. The second-order valence-corrected chi connectivity index (χ2v) is 8.36. The molecule has 0 saturated heterocycles. The Labute approximate surface area is 115 Å². The first kappa shape index (κ1) is 15.9. The van der Waals surface area contributed by atoms with Crippen molar-refractivity contribution in [3.8, 4) is 5.75 Å². The summed E-state index contributed by atoms with van der Waals surface area (Å²) in [5, 5.41) is 0. The summed E-state index contributed by atoms with van der Waals surface area (Å²) in [6.07, 6.45) is 1.23. The van der Waals surface area contributed by atoms with Crippen molar-refractivity contribution in [3.05, 3.63) is 29.3 Å². The Morgan fingerprint density at radius 3 is 1.95 bits per heavy atom. The first-order valence-corrected chi connectivity index (χ1v) is 8.70. The van der Waals surface area contributed by atoms with E-state index in [1.54, 1.807) is 12.1 Å². The van der Waals surface area contributed by atoms with Gasteiger partial charge in [-0.05, 0) is 37.1 Å². The number of benzene rings is 1. The average molecular weight is 306 g/mol. The molecule has 0 amide bonds. The van der Waals surface area contributed by atoms with Gasteiger partial charge in [-0.2, -0.15) is 8.42 Å². The summed E-state index contributed by atoms with van der Waals surface area (Å²) in [6, 6.07) is 5.04. The molecule has 0 aliphatic carbocycles. The molecule has 19 heavy (non-hydrogen) atoms. The van der Waals surface area contributed by atoms with Gasteiger partial charge in [0, 0.05) is 20.4 Å². The van der Waals surface area contributed by atoms with E-state index in [9.17, 15) is 12.6 Å². The maximum absolute atomic E-state index is 11.9. The van der Waals surface area contributed by atoms with Gasteiger partial charge in [-0.1, -0.05) is 9.83 Å². The molecule has 0 aliphatic rings. The van der Waals surface area contributed by atoms with Crippen molar-refractivity contribution in [2.24, 2.45) is 3.77 Å². The first-order chi connectivity index (χ1) is 8.52. The predicted molar refractivity (Wildman–Crippen MR) is 75.6 cm³/mol. The van der Waals surface area contributed by atoms with E-state index < -0.39 is 20.2 Å². The monoisotopic (exact) mass is 306 g/mol. The highest BCUT2D eigenvalue weighted by Crippen LogP contribution is 2.19. The van der Waals surface area contributed by atoms with Crippen molar-refractivity contribution < 1.29 is 16.8 Å². The number of nitrogens with zero attached hydrogens (tertiary/aromatic N) is 2. The fourth-order valence-corrected chi connectivity index (χ4v) is 3.70. The van der Waals surface area contributed by atoms with E-state index in [1.165, 1.54) is 24.7 Å². The fraction of sp³-hybridized carbons (Fsp3) is 0.455. The summed E-state index contributed by atoms with van der Waals surface area (Å²) < 4.78 is 44.8. The van der Waals surface area contributed by atoms with Crippen LogP contribution in [-0.4, -0.2) is 37.3 Å². The highest BCUT2D eigenvalue weighted by molar-refractivity contribution is 7.99. The molecule has 1 aromatic carbocycles. The number of rotatable bonds is 4. The normalized spacial score (nSPS) is 15.1. The third-order valence-electron chi connectivity index (χ3n) is 2.30. The van der Waals surface area contributed by atoms with Crippen LogP contribution in [-0.2, 0) is 20.2 Å². The van der Waals surface area contributed by atoms with Gasteiger partial charge in [-0.25, -0.2) is 8.51 Å². The molecular weight excluding hydrogens is 288 g/mol. The van der Waals surface area contributed by atoms with Gasteiger partial charge < -0.3 is 4.18 Å². The van der Waals surface area contributed by atoms with Gasteiger partial charge in [0.05, 0.1) is 0 Å². The highest BCUT2D eigenvalue weighted by Gasteiger charge is 2.16. The van der Waals surface area contributed by atoms with E-state index in [0.29, 0.717) is 0 Å². The molecule has 1 atom stereocenters. The second kappa shape index (κ2) is 5.48. The van der Waals surface area contributed by atoms with Gasteiger partial charge in [0.1, 0.15) is 15.7 Å². The van der Waals surface area contributed by atoms with Gasteiger partial charge >= 0.3 is 10.3 Å². The van der Waals surface area contributed by atoms with Gasteiger partial charge in [-0.15, -0.1) is 0 Å². The summed E-state index contributed by atoms with van der Waals surface area (Å²) in [5.41, 5.74) is 1.74. The summed E-state index contributed by atoms with van der Waals surface area (Å²) >= 11 is 0. The van der Waals surface area contributed by atoms with Crippen LogP contribution in [0.1, 0.15) is 11.1 Å². The summed E-state index contributed by atoms with van der Waals surface area (Å²) in [6.45, 7) is 3.65. The smallest absolute Gasteiger partial charge is 0.365 e. The Hall–Kier alpha value is -1.12. The molecule has 0 heterocycles. The Kier molecular flexibility index (Phi) is 4.59. The minimum absolute atomic E-state index is 0.162. The van der Waals surface area contributed by atoms with Gasteiger partial charge in [0.15, 0.2) is 0 Å². The van der Waals surface area contributed by atoms with Crippen LogP contribution < -0.4 is 4.18 Å². The van der Waals surface area contributed by atoms with E-state index in [0.717, 1.165) is 11.1 Å². The van der Waals surface area contributed by atoms with Crippen LogP contribution in [0.15, 0.2) is 22.0 Å². The van der Waals surface area contributed by atoms with E-state index in [-0.39, 0.29) is 5.75 Å². The van der Waals surface area contributed by atoms with Gasteiger partial charge in [0.25, 0.3) is 0 Å². The molecule has 1 unspecified atom stereocenters. The molecule has 1 rings (SSSR count). The quantitative estimate of drug-likeness (QED) is 0.844. The molecule has 0 N–H and O–H groups in total. The molecule has 0 bridgehead atoms. The minimum Gasteiger partial charge on any atom is -0.365 e. The van der Waals surface area contributed by atoms with Crippen LogP contribution in [0.3, 0.4) is 0 Å². The maximum Gasteiger partial charge on any atom is 0.437 e. The molecule has 1 aromatic rings. The molecule has 0 aliphatic heterocycles. The van der Waals surface area contributed by atoms with E-state index in [2.05, 4.69) is 3.77 Å². The van der Waals surface area contributed by atoms with Crippen LogP contribution in [0, 0.1) is 13.8 Å². The van der Waals surface area contributed by atoms with Crippen LogP contribution in [0.5, 0.6) is 5.75 Å². The standard InChI is InChI=1S/C11H18N2O4S2/c1-9-6-10(2)8-11(7-9)17-19(15,16)12-18(5,14)13(3)4/h6-8H,1-5H3. The van der Waals surface area contributed by atoms with Crippen molar-refractivity contribution in [3.63, 3.8) is 0 Å². The largest absolute Gasteiger partial charge is 0.437 e. The van der Waals surface area contributed by atoms with Crippen molar-refractivity contribution >= 4 is 20.2 Å². The molecule has 0 radical (unpaired) electrons. The molecule has 0 spiro atoms. The molecule has 8 heteroatoms. The van der Waals surface area contributed by atoms with Crippen molar-refractivity contribution in [1.82, 2.24) is 4.31 Å². The molecule has 6 nitrogen and oxygen atoms in total. The molecular formula is C11H18N2O4S2.